The summed E-state index contributed by atoms with van der Waals surface area (Å²) in [7, 11) is 0. The molecule has 0 aliphatic heterocycles. The van der Waals surface area contributed by atoms with Gasteiger partial charge < -0.3 is 10.2 Å². The van der Waals surface area contributed by atoms with E-state index in [0.29, 0.717) is 12.3 Å². The van der Waals surface area contributed by atoms with Crippen LogP contribution in [0.3, 0.4) is 0 Å². The fourth-order valence-corrected chi connectivity index (χ4v) is 1.06. The summed E-state index contributed by atoms with van der Waals surface area (Å²) in [6.45, 7) is 7.25. The second kappa shape index (κ2) is 4.61. The third-order valence-electron chi connectivity index (χ3n) is 2.53. The van der Waals surface area contributed by atoms with Crippen LogP contribution in [0.2, 0.25) is 0 Å². The van der Waals surface area contributed by atoms with Crippen LogP contribution in [0.1, 0.15) is 40.5 Å². The van der Waals surface area contributed by atoms with Gasteiger partial charge in [-0.25, -0.2) is 0 Å². The molecule has 2 unspecified atom stereocenters. The van der Waals surface area contributed by atoms with Crippen molar-refractivity contribution in [1.29, 1.82) is 0 Å². The van der Waals surface area contributed by atoms with Gasteiger partial charge in [0.1, 0.15) is 0 Å². The Morgan fingerprint density at radius 1 is 1.38 bits per heavy atom. The van der Waals surface area contributed by atoms with E-state index in [2.05, 4.69) is 13.8 Å². The van der Waals surface area contributed by atoms with Crippen LogP contribution in [0.25, 0.3) is 0 Å². The van der Waals surface area contributed by atoms with Crippen LogP contribution < -0.4 is 0 Å². The van der Waals surface area contributed by atoms with Crippen molar-refractivity contribution in [3.05, 3.63) is 0 Å². The molecule has 0 amide bonds. The third kappa shape index (κ3) is 4.27. The van der Waals surface area contributed by atoms with Gasteiger partial charge in [-0.2, -0.15) is 0 Å². The molecule has 0 aromatic rings. The first kappa shape index (κ1) is 12.4. The molecular weight excluding hydrogens is 168 g/mol. The minimum atomic E-state index is -1.09. The summed E-state index contributed by atoms with van der Waals surface area (Å²) in [5.41, 5.74) is -1.09. The van der Waals surface area contributed by atoms with Crippen molar-refractivity contribution < 1.29 is 15.0 Å². The minimum absolute atomic E-state index is 0.493. The van der Waals surface area contributed by atoms with Gasteiger partial charge in [-0.05, 0) is 32.6 Å². The summed E-state index contributed by atoms with van der Waals surface area (Å²) >= 11 is 0. The monoisotopic (exact) mass is 188 g/mol. The molecule has 0 aromatic heterocycles. The largest absolute Gasteiger partial charge is 0.481 e. The quantitative estimate of drug-likeness (QED) is 0.692. The van der Waals surface area contributed by atoms with Crippen LogP contribution in [0, 0.1) is 11.8 Å². The van der Waals surface area contributed by atoms with E-state index in [9.17, 15) is 9.90 Å². The van der Waals surface area contributed by atoms with Crippen LogP contribution in [0.15, 0.2) is 0 Å². The molecule has 0 saturated heterocycles. The van der Waals surface area contributed by atoms with Gasteiger partial charge in [0.05, 0.1) is 11.5 Å². The summed E-state index contributed by atoms with van der Waals surface area (Å²) in [6.07, 6.45) is 1.39. The van der Waals surface area contributed by atoms with Crippen molar-refractivity contribution in [3.8, 4) is 0 Å². The van der Waals surface area contributed by atoms with Gasteiger partial charge in [-0.15, -0.1) is 0 Å². The normalized spacial score (nSPS) is 18.3. The zero-order chi connectivity index (χ0) is 10.6. The number of rotatable bonds is 5. The first-order chi connectivity index (χ1) is 5.77. The molecule has 2 atom stereocenters. The van der Waals surface area contributed by atoms with Gasteiger partial charge in [-0.1, -0.05) is 13.8 Å². The minimum Gasteiger partial charge on any atom is -0.481 e. The highest BCUT2D eigenvalue weighted by molar-refractivity contribution is 5.70. The predicted octanol–water partition coefficient (Wildman–Crippen LogP) is 1.89. The zero-order valence-corrected chi connectivity index (χ0v) is 8.87. The first-order valence-electron chi connectivity index (χ1n) is 4.72. The van der Waals surface area contributed by atoms with E-state index < -0.39 is 17.5 Å². The highest BCUT2D eigenvalue weighted by atomic mass is 16.4. The molecule has 3 nitrogen and oxygen atoms in total. The number of carbonyl (C=O) groups is 1. The summed E-state index contributed by atoms with van der Waals surface area (Å²) in [5, 5.41) is 18.5. The number of carboxylic acids is 1. The van der Waals surface area contributed by atoms with E-state index in [1.807, 2.05) is 0 Å². The van der Waals surface area contributed by atoms with Crippen molar-refractivity contribution >= 4 is 5.97 Å². The van der Waals surface area contributed by atoms with Crippen LogP contribution >= 0.6 is 0 Å². The summed E-state index contributed by atoms with van der Waals surface area (Å²) in [5.74, 6) is -1.15. The van der Waals surface area contributed by atoms with E-state index >= 15 is 0 Å². The second-order valence-corrected chi connectivity index (χ2v) is 4.35. The summed E-state index contributed by atoms with van der Waals surface area (Å²) in [6, 6.07) is 0. The average molecular weight is 188 g/mol. The lowest BCUT2D eigenvalue weighted by molar-refractivity contribution is -0.150. The molecule has 0 bridgehead atoms. The van der Waals surface area contributed by atoms with Crippen molar-refractivity contribution in [1.82, 2.24) is 0 Å². The van der Waals surface area contributed by atoms with Crippen molar-refractivity contribution in [2.45, 2.75) is 46.1 Å². The molecule has 2 N–H and O–H groups in total. The standard InChI is InChI=1S/C10H20O3/c1-7(2)5-6-10(4,13)8(3)9(11)12/h7-8,13H,5-6H2,1-4H3,(H,11,12). The number of hydrogen-bond donors (Lipinski definition) is 2. The van der Waals surface area contributed by atoms with Gasteiger partial charge in [0.25, 0.3) is 0 Å². The maximum absolute atomic E-state index is 10.6. The van der Waals surface area contributed by atoms with Crippen LogP contribution in [-0.2, 0) is 4.79 Å². The molecular formula is C10H20O3. The summed E-state index contributed by atoms with van der Waals surface area (Å²) in [4.78, 5) is 10.6. The first-order valence-corrected chi connectivity index (χ1v) is 4.72. The summed E-state index contributed by atoms with van der Waals surface area (Å²) < 4.78 is 0. The van der Waals surface area contributed by atoms with E-state index in [0.717, 1.165) is 6.42 Å². The van der Waals surface area contributed by atoms with Crippen molar-refractivity contribution in [2.24, 2.45) is 11.8 Å². The highest BCUT2D eigenvalue weighted by Crippen LogP contribution is 2.24. The Morgan fingerprint density at radius 3 is 2.15 bits per heavy atom. The molecule has 0 radical (unpaired) electrons. The fraction of sp³-hybridized carbons (Fsp3) is 0.900. The molecule has 0 aromatic carbocycles. The van der Waals surface area contributed by atoms with Gasteiger partial charge >= 0.3 is 5.97 Å². The zero-order valence-electron chi connectivity index (χ0n) is 8.87. The van der Waals surface area contributed by atoms with Crippen LogP contribution in [0.5, 0.6) is 0 Å². The van der Waals surface area contributed by atoms with Crippen molar-refractivity contribution in [3.63, 3.8) is 0 Å². The molecule has 0 saturated carbocycles. The van der Waals surface area contributed by atoms with Crippen LogP contribution in [0.4, 0.5) is 0 Å². The van der Waals surface area contributed by atoms with E-state index in [-0.39, 0.29) is 0 Å². The Bertz CT molecular complexity index is 173. The lowest BCUT2D eigenvalue weighted by atomic mass is 9.85. The Labute approximate surface area is 79.8 Å². The Balaban J connectivity index is 4.13. The van der Waals surface area contributed by atoms with Gasteiger partial charge in [-0.3, -0.25) is 4.79 Å². The molecule has 13 heavy (non-hydrogen) atoms. The molecule has 0 heterocycles. The number of carboxylic acid groups (broad SMARTS) is 1. The predicted molar refractivity (Wildman–Crippen MR) is 51.5 cm³/mol. The Hall–Kier alpha value is -0.570. The number of aliphatic carboxylic acids is 1. The van der Waals surface area contributed by atoms with Crippen LogP contribution in [-0.4, -0.2) is 21.8 Å². The number of aliphatic hydroxyl groups is 1. The lowest BCUT2D eigenvalue weighted by Gasteiger charge is -2.28. The number of hydrogen-bond acceptors (Lipinski definition) is 2. The molecule has 3 heteroatoms. The molecule has 78 valence electrons. The molecule has 0 aliphatic carbocycles. The highest BCUT2D eigenvalue weighted by Gasteiger charge is 2.33. The van der Waals surface area contributed by atoms with Gasteiger partial charge in [0.15, 0.2) is 0 Å². The molecule has 0 rings (SSSR count). The van der Waals surface area contributed by atoms with E-state index in [1.54, 1.807) is 13.8 Å². The van der Waals surface area contributed by atoms with Crippen molar-refractivity contribution in [2.75, 3.05) is 0 Å². The third-order valence-corrected chi connectivity index (χ3v) is 2.53. The molecule has 0 fully saturated rings. The second-order valence-electron chi connectivity index (χ2n) is 4.35. The molecule has 0 aliphatic rings. The van der Waals surface area contributed by atoms with E-state index in [4.69, 9.17) is 5.11 Å². The lowest BCUT2D eigenvalue weighted by Crippen LogP contribution is -2.37. The maximum atomic E-state index is 10.6. The SMILES string of the molecule is CC(C)CCC(C)(O)C(C)C(=O)O. The average Bonchev–Trinajstić information content (AvgIpc) is 1.99. The van der Waals surface area contributed by atoms with Gasteiger partial charge in [0.2, 0.25) is 0 Å². The Kier molecular flexibility index (Phi) is 4.40. The fourth-order valence-electron chi connectivity index (χ4n) is 1.06. The Morgan fingerprint density at radius 2 is 1.85 bits per heavy atom. The maximum Gasteiger partial charge on any atom is 0.309 e. The smallest absolute Gasteiger partial charge is 0.309 e. The van der Waals surface area contributed by atoms with Gasteiger partial charge in [0, 0.05) is 0 Å². The topological polar surface area (TPSA) is 57.5 Å². The van der Waals surface area contributed by atoms with E-state index in [1.165, 1.54) is 0 Å². The molecule has 0 spiro atoms.